The number of carbonyl (C=O) groups is 1. The van der Waals surface area contributed by atoms with Gasteiger partial charge >= 0.3 is 0 Å². The van der Waals surface area contributed by atoms with Crippen molar-refractivity contribution in [2.45, 2.75) is 23.8 Å². The number of ether oxygens (including phenoxy) is 2. The lowest BCUT2D eigenvalue weighted by atomic mass is 10.0. The molecule has 0 aliphatic carbocycles. The fourth-order valence-corrected chi connectivity index (χ4v) is 5.57. The molecule has 1 amide bonds. The lowest BCUT2D eigenvalue weighted by molar-refractivity contribution is 0.0733. The number of hydrogen-bond donors (Lipinski definition) is 0. The summed E-state index contributed by atoms with van der Waals surface area (Å²) in [5.41, 5.74) is 1.75. The van der Waals surface area contributed by atoms with Gasteiger partial charge in [0, 0.05) is 24.7 Å². The van der Waals surface area contributed by atoms with Crippen molar-refractivity contribution in [1.82, 2.24) is 4.90 Å². The van der Waals surface area contributed by atoms with Crippen LogP contribution in [0.1, 0.15) is 34.8 Å². The van der Waals surface area contributed by atoms with Crippen LogP contribution in [-0.4, -0.2) is 47.0 Å². The van der Waals surface area contributed by atoms with E-state index in [9.17, 15) is 13.2 Å². The van der Waals surface area contributed by atoms with Gasteiger partial charge in [0.2, 0.25) is 0 Å². The lowest BCUT2D eigenvalue weighted by Gasteiger charge is -2.27. The Hall–Kier alpha value is -3.52. The maximum Gasteiger partial charge on any atom is 0.264 e. The first-order valence-electron chi connectivity index (χ1n) is 11.0. The summed E-state index contributed by atoms with van der Waals surface area (Å²) >= 11 is 0. The van der Waals surface area contributed by atoms with E-state index < -0.39 is 10.0 Å². The Labute approximate surface area is 200 Å². The molecule has 1 saturated heterocycles. The number of methoxy groups -OCH3 is 2. The first kappa shape index (κ1) is 23.6. The second-order valence-electron chi connectivity index (χ2n) is 8.10. The van der Waals surface area contributed by atoms with Gasteiger partial charge in [-0.2, -0.15) is 0 Å². The largest absolute Gasteiger partial charge is 0.497 e. The molecule has 0 spiro atoms. The fraction of sp³-hybridized carbons (Fsp3) is 0.269. The van der Waals surface area contributed by atoms with Crippen molar-refractivity contribution < 1.29 is 22.7 Å². The third kappa shape index (κ3) is 4.46. The van der Waals surface area contributed by atoms with Gasteiger partial charge in [-0.15, -0.1) is 0 Å². The molecule has 178 valence electrons. The molecule has 4 rings (SSSR count). The molecule has 8 heteroatoms. The predicted molar refractivity (Wildman–Crippen MR) is 131 cm³/mol. The van der Waals surface area contributed by atoms with E-state index in [0.29, 0.717) is 29.3 Å². The molecule has 0 saturated carbocycles. The van der Waals surface area contributed by atoms with Crippen LogP contribution < -0.4 is 13.8 Å². The second kappa shape index (κ2) is 9.77. The summed E-state index contributed by atoms with van der Waals surface area (Å²) in [5.74, 6) is 1.16. The molecule has 1 heterocycles. The summed E-state index contributed by atoms with van der Waals surface area (Å²) in [6.07, 6.45) is 1.62. The quantitative estimate of drug-likeness (QED) is 0.498. The summed E-state index contributed by atoms with van der Waals surface area (Å²) in [4.78, 5) is 15.4. The van der Waals surface area contributed by atoms with Crippen molar-refractivity contribution in [2.24, 2.45) is 0 Å². The van der Waals surface area contributed by atoms with Gasteiger partial charge in [-0.1, -0.05) is 24.3 Å². The maximum atomic E-state index is 13.5. The van der Waals surface area contributed by atoms with Gasteiger partial charge in [0.1, 0.15) is 11.5 Å². The van der Waals surface area contributed by atoms with Crippen LogP contribution in [0.3, 0.4) is 0 Å². The Morgan fingerprint density at radius 1 is 0.971 bits per heavy atom. The summed E-state index contributed by atoms with van der Waals surface area (Å²) in [6, 6.07) is 20.4. The minimum atomic E-state index is -3.83. The van der Waals surface area contributed by atoms with Crippen molar-refractivity contribution in [3.63, 3.8) is 0 Å². The van der Waals surface area contributed by atoms with Crippen molar-refractivity contribution in [3.8, 4) is 11.5 Å². The van der Waals surface area contributed by atoms with Crippen LogP contribution in [0.2, 0.25) is 0 Å². The number of benzene rings is 3. The van der Waals surface area contributed by atoms with Crippen molar-refractivity contribution in [2.75, 3.05) is 32.1 Å². The first-order valence-corrected chi connectivity index (χ1v) is 12.5. The number of rotatable bonds is 7. The van der Waals surface area contributed by atoms with Crippen LogP contribution in [0.5, 0.6) is 11.5 Å². The molecule has 3 aromatic rings. The van der Waals surface area contributed by atoms with E-state index in [0.717, 1.165) is 18.4 Å². The van der Waals surface area contributed by atoms with E-state index in [-0.39, 0.29) is 16.8 Å². The molecule has 1 fully saturated rings. The zero-order valence-electron chi connectivity index (χ0n) is 19.5. The van der Waals surface area contributed by atoms with E-state index in [4.69, 9.17) is 9.47 Å². The topological polar surface area (TPSA) is 76.1 Å². The molecule has 3 aromatic carbocycles. The molecule has 1 unspecified atom stereocenters. The van der Waals surface area contributed by atoms with E-state index >= 15 is 0 Å². The Morgan fingerprint density at radius 3 is 2.44 bits per heavy atom. The number of hydrogen-bond acceptors (Lipinski definition) is 5. The molecular weight excluding hydrogens is 452 g/mol. The van der Waals surface area contributed by atoms with Gasteiger partial charge < -0.3 is 14.4 Å². The first-order chi connectivity index (χ1) is 16.4. The van der Waals surface area contributed by atoms with E-state index in [2.05, 4.69) is 0 Å². The number of likely N-dealkylation sites (tertiary alicyclic amines) is 1. The van der Waals surface area contributed by atoms with Gasteiger partial charge in [-0.25, -0.2) is 8.42 Å². The fourth-order valence-electron chi connectivity index (χ4n) is 4.32. The molecule has 34 heavy (non-hydrogen) atoms. The van der Waals surface area contributed by atoms with Crippen molar-refractivity contribution >= 4 is 21.6 Å². The number of carbonyl (C=O) groups excluding carboxylic acids is 1. The zero-order valence-corrected chi connectivity index (χ0v) is 20.3. The van der Waals surface area contributed by atoms with E-state index in [1.54, 1.807) is 55.5 Å². The average Bonchev–Trinajstić information content (AvgIpc) is 3.37. The second-order valence-corrected chi connectivity index (χ2v) is 10.1. The minimum Gasteiger partial charge on any atom is -0.497 e. The molecule has 0 bridgehead atoms. The normalized spacial score (nSPS) is 15.7. The highest BCUT2D eigenvalue weighted by Crippen LogP contribution is 2.39. The molecule has 1 aliphatic rings. The standard InChI is InChI=1S/C26H28N2O5S/c1-27(20-10-5-4-6-11-20)34(30,31)22-12-7-9-19(17-22)26(29)28-16-8-13-24(28)23-18-21(32-2)14-15-25(23)33-3/h4-7,9-12,14-15,17-18,24H,8,13,16H2,1-3H3. The van der Waals surface area contributed by atoms with Crippen LogP contribution in [0.15, 0.2) is 77.7 Å². The number of anilines is 1. The van der Waals surface area contributed by atoms with Crippen LogP contribution in [-0.2, 0) is 10.0 Å². The smallest absolute Gasteiger partial charge is 0.264 e. The van der Waals surface area contributed by atoms with Gasteiger partial charge in [0.15, 0.2) is 0 Å². The summed E-state index contributed by atoms with van der Waals surface area (Å²) in [7, 11) is 0.874. The number of para-hydroxylation sites is 1. The number of nitrogens with zero attached hydrogens (tertiary/aromatic N) is 2. The van der Waals surface area contributed by atoms with E-state index in [1.165, 1.54) is 23.5 Å². The molecule has 0 N–H and O–H groups in total. The van der Waals surface area contributed by atoms with Gasteiger partial charge in [0.25, 0.3) is 15.9 Å². The van der Waals surface area contributed by atoms with Gasteiger partial charge in [0.05, 0.1) is 30.8 Å². The highest BCUT2D eigenvalue weighted by Gasteiger charge is 2.33. The van der Waals surface area contributed by atoms with Crippen molar-refractivity contribution in [1.29, 1.82) is 0 Å². The molecular formula is C26H28N2O5S. The van der Waals surface area contributed by atoms with Gasteiger partial charge in [-0.3, -0.25) is 9.10 Å². The van der Waals surface area contributed by atoms with Crippen LogP contribution in [0.4, 0.5) is 5.69 Å². The van der Waals surface area contributed by atoms with Crippen molar-refractivity contribution in [3.05, 3.63) is 83.9 Å². The van der Waals surface area contributed by atoms with Crippen LogP contribution in [0.25, 0.3) is 0 Å². The Kier molecular flexibility index (Phi) is 6.79. The average molecular weight is 481 g/mol. The zero-order chi connectivity index (χ0) is 24.3. The lowest BCUT2D eigenvalue weighted by Crippen LogP contribution is -2.31. The Bertz CT molecular complexity index is 1280. The third-order valence-corrected chi connectivity index (χ3v) is 7.95. The SMILES string of the molecule is COc1ccc(OC)c(C2CCCN2C(=O)c2cccc(S(=O)(=O)N(C)c3ccccc3)c2)c1. The number of sulfonamides is 1. The predicted octanol–water partition coefficient (Wildman–Crippen LogP) is 4.51. The molecule has 0 radical (unpaired) electrons. The van der Waals surface area contributed by atoms with Crippen LogP contribution in [0, 0.1) is 0 Å². The highest BCUT2D eigenvalue weighted by molar-refractivity contribution is 7.92. The highest BCUT2D eigenvalue weighted by atomic mass is 32.2. The Morgan fingerprint density at radius 2 is 1.74 bits per heavy atom. The summed E-state index contributed by atoms with van der Waals surface area (Å²) in [6.45, 7) is 0.574. The third-order valence-electron chi connectivity index (χ3n) is 6.17. The monoisotopic (exact) mass is 480 g/mol. The van der Waals surface area contributed by atoms with Crippen LogP contribution >= 0.6 is 0 Å². The van der Waals surface area contributed by atoms with Gasteiger partial charge in [-0.05, 0) is 61.4 Å². The van der Waals surface area contributed by atoms with E-state index in [1.807, 2.05) is 24.3 Å². The molecule has 1 aliphatic heterocycles. The minimum absolute atomic E-state index is 0.0689. The molecule has 1 atom stereocenters. The Balaban J connectivity index is 1.65. The summed E-state index contributed by atoms with van der Waals surface area (Å²) in [5, 5.41) is 0. The number of amides is 1. The molecule has 0 aromatic heterocycles. The summed E-state index contributed by atoms with van der Waals surface area (Å²) < 4.78 is 38.6. The maximum absolute atomic E-state index is 13.5. The molecule has 7 nitrogen and oxygen atoms in total.